The van der Waals surface area contributed by atoms with E-state index in [0.29, 0.717) is 34.4 Å². The largest absolute Gasteiger partial charge is 0.493 e. The summed E-state index contributed by atoms with van der Waals surface area (Å²) in [5.41, 5.74) is 0.953. The predicted octanol–water partition coefficient (Wildman–Crippen LogP) is 2.22. The van der Waals surface area contributed by atoms with Crippen LogP contribution in [0, 0.1) is 0 Å². The van der Waals surface area contributed by atoms with Crippen molar-refractivity contribution in [3.8, 4) is 17.2 Å². The number of furan rings is 1. The van der Waals surface area contributed by atoms with Crippen molar-refractivity contribution in [1.29, 1.82) is 0 Å². The minimum atomic E-state index is -0.310. The van der Waals surface area contributed by atoms with Crippen LogP contribution in [0.15, 0.2) is 45.6 Å². The molecule has 3 rings (SSSR count). The first-order chi connectivity index (χ1) is 11.7. The van der Waals surface area contributed by atoms with Crippen LogP contribution in [0.5, 0.6) is 17.2 Å². The van der Waals surface area contributed by atoms with Crippen LogP contribution in [0.1, 0.15) is 11.3 Å². The molecule has 7 nitrogen and oxygen atoms in total. The van der Waals surface area contributed by atoms with Gasteiger partial charge < -0.3 is 23.9 Å². The number of benzene rings is 1. The minimum absolute atomic E-state index is 0.260. The molecule has 1 aromatic carbocycles. The zero-order chi connectivity index (χ0) is 17.1. The van der Waals surface area contributed by atoms with Gasteiger partial charge in [0, 0.05) is 0 Å². The molecule has 2 heterocycles. The number of hydrogen-bond donors (Lipinski definition) is 1. The Hall–Kier alpha value is -3.22. The number of methoxy groups -OCH3 is 3. The van der Waals surface area contributed by atoms with E-state index in [9.17, 15) is 4.79 Å². The normalized spacial score (nSPS) is 15.2. The topological polar surface area (TPSA) is 82.3 Å². The van der Waals surface area contributed by atoms with Gasteiger partial charge in [0.25, 0.3) is 5.91 Å². The maximum absolute atomic E-state index is 12.1. The van der Waals surface area contributed by atoms with Gasteiger partial charge in [-0.3, -0.25) is 4.79 Å². The van der Waals surface area contributed by atoms with Crippen molar-refractivity contribution in [3.63, 3.8) is 0 Å². The molecule has 1 aliphatic heterocycles. The van der Waals surface area contributed by atoms with Crippen molar-refractivity contribution in [2.75, 3.05) is 21.3 Å². The van der Waals surface area contributed by atoms with Crippen LogP contribution in [-0.4, -0.2) is 33.1 Å². The summed E-state index contributed by atoms with van der Waals surface area (Å²) in [6.07, 6.45) is 3.15. The molecule has 0 spiro atoms. The fourth-order valence-corrected chi connectivity index (χ4v) is 2.34. The molecule has 0 unspecified atom stereocenters. The average molecular weight is 328 g/mol. The maximum Gasteiger partial charge on any atom is 0.275 e. The third-order valence-electron chi connectivity index (χ3n) is 3.44. The molecule has 1 N–H and O–H groups in total. The molecule has 1 aromatic heterocycles. The van der Waals surface area contributed by atoms with E-state index >= 15 is 0 Å². The van der Waals surface area contributed by atoms with Crippen molar-refractivity contribution < 1.29 is 23.4 Å². The second kappa shape index (κ2) is 6.49. The third kappa shape index (κ3) is 2.83. The molecular weight excluding hydrogens is 312 g/mol. The van der Waals surface area contributed by atoms with Crippen LogP contribution < -0.4 is 19.5 Å². The number of aliphatic imine (C=N–C) groups is 1. The second-order valence-electron chi connectivity index (χ2n) is 4.88. The fraction of sp³-hybridized carbons (Fsp3) is 0.176. The van der Waals surface area contributed by atoms with E-state index in [0.717, 1.165) is 0 Å². The summed E-state index contributed by atoms with van der Waals surface area (Å²) in [6, 6.07) is 6.93. The summed E-state index contributed by atoms with van der Waals surface area (Å²) in [6.45, 7) is 0. The van der Waals surface area contributed by atoms with Gasteiger partial charge in [-0.1, -0.05) is 0 Å². The van der Waals surface area contributed by atoms with E-state index in [-0.39, 0.29) is 11.6 Å². The second-order valence-corrected chi connectivity index (χ2v) is 4.88. The zero-order valence-electron chi connectivity index (χ0n) is 13.5. The molecule has 1 aliphatic rings. The molecule has 0 radical (unpaired) electrons. The van der Waals surface area contributed by atoms with Gasteiger partial charge in [0.05, 0.1) is 27.6 Å². The lowest BCUT2D eigenvalue weighted by Gasteiger charge is -2.12. The summed E-state index contributed by atoms with van der Waals surface area (Å²) >= 11 is 0. The van der Waals surface area contributed by atoms with E-state index in [2.05, 4.69) is 10.3 Å². The van der Waals surface area contributed by atoms with E-state index in [1.54, 1.807) is 30.3 Å². The number of amidine groups is 1. The number of carbonyl (C=O) groups is 1. The Balaban J connectivity index is 2.00. The Kier molecular flexibility index (Phi) is 4.24. The van der Waals surface area contributed by atoms with Gasteiger partial charge in [-0.15, -0.1) is 0 Å². The Morgan fingerprint density at radius 1 is 1.12 bits per heavy atom. The van der Waals surface area contributed by atoms with Crippen LogP contribution in [0.25, 0.3) is 6.08 Å². The Bertz CT molecular complexity index is 797. The minimum Gasteiger partial charge on any atom is -0.493 e. The van der Waals surface area contributed by atoms with E-state index < -0.39 is 0 Å². The molecule has 0 fully saturated rings. The smallest absolute Gasteiger partial charge is 0.275 e. The van der Waals surface area contributed by atoms with Crippen molar-refractivity contribution >= 4 is 17.8 Å². The highest BCUT2D eigenvalue weighted by molar-refractivity contribution is 6.18. The first-order valence-corrected chi connectivity index (χ1v) is 7.12. The van der Waals surface area contributed by atoms with Gasteiger partial charge >= 0.3 is 0 Å². The molecule has 0 bridgehead atoms. The molecule has 0 aliphatic carbocycles. The van der Waals surface area contributed by atoms with Gasteiger partial charge in [-0.25, -0.2) is 4.99 Å². The number of nitrogens with zero attached hydrogens (tertiary/aromatic N) is 1. The van der Waals surface area contributed by atoms with Gasteiger partial charge in [0.2, 0.25) is 5.75 Å². The van der Waals surface area contributed by atoms with Gasteiger partial charge in [-0.05, 0) is 35.9 Å². The molecule has 1 amide bonds. The lowest BCUT2D eigenvalue weighted by Crippen LogP contribution is -2.24. The van der Waals surface area contributed by atoms with Crippen LogP contribution in [-0.2, 0) is 4.79 Å². The van der Waals surface area contributed by atoms with Gasteiger partial charge in [-0.2, -0.15) is 0 Å². The molecule has 7 heteroatoms. The number of amides is 1. The zero-order valence-corrected chi connectivity index (χ0v) is 13.5. The predicted molar refractivity (Wildman–Crippen MR) is 87.5 cm³/mol. The number of carbonyl (C=O) groups excluding carboxylic acids is 1. The van der Waals surface area contributed by atoms with Gasteiger partial charge in [0.15, 0.2) is 23.1 Å². The van der Waals surface area contributed by atoms with E-state index in [1.165, 1.54) is 27.6 Å². The van der Waals surface area contributed by atoms with Crippen LogP contribution in [0.4, 0.5) is 0 Å². The van der Waals surface area contributed by atoms with Crippen LogP contribution in [0.3, 0.4) is 0 Å². The summed E-state index contributed by atoms with van der Waals surface area (Å²) in [7, 11) is 4.59. The van der Waals surface area contributed by atoms with Crippen molar-refractivity contribution in [2.45, 2.75) is 0 Å². The maximum atomic E-state index is 12.1. The number of ether oxygens (including phenoxy) is 3. The van der Waals surface area contributed by atoms with Crippen molar-refractivity contribution in [3.05, 3.63) is 47.5 Å². The van der Waals surface area contributed by atoms with Crippen molar-refractivity contribution in [1.82, 2.24) is 5.32 Å². The highest BCUT2D eigenvalue weighted by atomic mass is 16.5. The summed E-state index contributed by atoms with van der Waals surface area (Å²) in [5.74, 6) is 2.04. The molecule has 124 valence electrons. The van der Waals surface area contributed by atoms with Crippen molar-refractivity contribution in [2.24, 2.45) is 4.99 Å². The monoisotopic (exact) mass is 328 g/mol. The molecule has 0 saturated heterocycles. The SMILES string of the molecule is COc1cc(/C=C2/N=C(c3ccco3)NC2=O)cc(OC)c1OC. The first kappa shape index (κ1) is 15.7. The number of rotatable bonds is 5. The summed E-state index contributed by atoms with van der Waals surface area (Å²) in [5, 5.41) is 2.67. The molecular formula is C17H16N2O5. The Morgan fingerprint density at radius 2 is 1.83 bits per heavy atom. The summed E-state index contributed by atoms with van der Waals surface area (Å²) < 4.78 is 21.1. The molecule has 0 saturated carbocycles. The molecule has 2 aromatic rings. The average Bonchev–Trinajstić information content (AvgIpc) is 3.24. The Morgan fingerprint density at radius 3 is 2.38 bits per heavy atom. The van der Waals surface area contributed by atoms with Gasteiger partial charge in [0.1, 0.15) is 5.70 Å². The number of nitrogens with one attached hydrogen (secondary N) is 1. The highest BCUT2D eigenvalue weighted by Gasteiger charge is 2.23. The highest BCUT2D eigenvalue weighted by Crippen LogP contribution is 2.38. The third-order valence-corrected chi connectivity index (χ3v) is 3.44. The first-order valence-electron chi connectivity index (χ1n) is 7.12. The lowest BCUT2D eigenvalue weighted by atomic mass is 10.1. The molecule has 24 heavy (non-hydrogen) atoms. The van der Waals surface area contributed by atoms with E-state index in [4.69, 9.17) is 18.6 Å². The Labute approximate surface area is 138 Å². The fourth-order valence-electron chi connectivity index (χ4n) is 2.34. The standard InChI is InChI=1S/C17H16N2O5/c1-21-13-8-10(9-14(22-2)15(13)23-3)7-11-17(20)19-16(18-11)12-5-4-6-24-12/h4-9H,1-3H3,(H,18,19,20)/b11-7+. The lowest BCUT2D eigenvalue weighted by molar-refractivity contribution is -0.115. The number of hydrogen-bond acceptors (Lipinski definition) is 6. The van der Waals surface area contributed by atoms with Crippen LogP contribution in [0.2, 0.25) is 0 Å². The van der Waals surface area contributed by atoms with E-state index in [1.807, 2.05) is 0 Å². The quantitative estimate of drug-likeness (QED) is 0.851. The van der Waals surface area contributed by atoms with Crippen LogP contribution >= 0.6 is 0 Å². The summed E-state index contributed by atoms with van der Waals surface area (Å²) in [4.78, 5) is 16.4. The molecule has 0 atom stereocenters.